The highest BCUT2D eigenvalue weighted by atomic mass is 79.9. The van der Waals surface area contributed by atoms with Gasteiger partial charge in [-0.1, -0.05) is 109 Å². The van der Waals surface area contributed by atoms with Crippen molar-refractivity contribution >= 4 is 46.4 Å². The van der Waals surface area contributed by atoms with Gasteiger partial charge in [-0.15, -0.1) is 0 Å². The zero-order chi connectivity index (χ0) is 27.1. The SMILES string of the molecule is C(=C\[P+](c1ccccc1)(c1ccccc1)c1ccccc1)/[P+](c1ccccc1)(c1ccccc1)c1ccccc1.O.[Br-].[Br-]. The Labute approximate surface area is 277 Å². The van der Waals surface area contributed by atoms with Crippen LogP contribution in [0.3, 0.4) is 0 Å². The lowest BCUT2D eigenvalue weighted by Gasteiger charge is -2.27. The fourth-order valence-electron chi connectivity index (χ4n) is 5.59. The maximum absolute atomic E-state index is 2.60. The van der Waals surface area contributed by atoms with Gasteiger partial charge in [0.15, 0.2) is 0 Å². The average Bonchev–Trinajstić information content (AvgIpc) is 3.06. The third-order valence-electron chi connectivity index (χ3n) is 7.49. The second kappa shape index (κ2) is 16.1. The molecule has 0 aliphatic carbocycles. The Morgan fingerprint density at radius 2 is 0.395 bits per heavy atom. The van der Waals surface area contributed by atoms with Gasteiger partial charge in [-0.2, -0.15) is 0 Å². The van der Waals surface area contributed by atoms with Crippen LogP contribution < -0.4 is 65.8 Å². The topological polar surface area (TPSA) is 31.5 Å². The molecule has 0 unspecified atom stereocenters. The van der Waals surface area contributed by atoms with Crippen molar-refractivity contribution in [2.75, 3.05) is 0 Å². The maximum Gasteiger partial charge on any atom is 0.140 e. The molecule has 0 aromatic heterocycles. The predicted molar refractivity (Wildman–Crippen MR) is 183 cm³/mol. The van der Waals surface area contributed by atoms with Crippen molar-refractivity contribution in [1.29, 1.82) is 0 Å². The molecule has 1 nitrogen and oxygen atoms in total. The highest BCUT2D eigenvalue weighted by Gasteiger charge is 2.49. The zero-order valence-corrected chi connectivity index (χ0v) is 28.6. The lowest BCUT2D eigenvalue weighted by atomic mass is 10.4. The molecule has 0 amide bonds. The maximum atomic E-state index is 2.60. The van der Waals surface area contributed by atoms with E-state index in [0.717, 1.165) is 0 Å². The van der Waals surface area contributed by atoms with Crippen LogP contribution in [0.25, 0.3) is 0 Å². The van der Waals surface area contributed by atoms with E-state index in [-0.39, 0.29) is 39.4 Å². The summed E-state index contributed by atoms with van der Waals surface area (Å²) in [5, 5.41) is 8.14. The van der Waals surface area contributed by atoms with Gasteiger partial charge in [0, 0.05) is 0 Å². The minimum absolute atomic E-state index is 0. The van der Waals surface area contributed by atoms with Gasteiger partial charge in [0.25, 0.3) is 0 Å². The minimum atomic E-state index is -2.16. The van der Waals surface area contributed by atoms with Crippen molar-refractivity contribution in [2.24, 2.45) is 0 Å². The third-order valence-corrected chi connectivity index (χ3v) is 15.6. The fraction of sp³-hybridized carbons (Fsp3) is 0. The summed E-state index contributed by atoms with van der Waals surface area (Å²) in [7, 11) is -4.33. The summed E-state index contributed by atoms with van der Waals surface area (Å²) in [6.45, 7) is 0. The van der Waals surface area contributed by atoms with E-state index >= 15 is 0 Å². The number of hydrogen-bond acceptors (Lipinski definition) is 0. The molecule has 0 aliphatic heterocycles. The summed E-state index contributed by atoms with van der Waals surface area (Å²) in [4.78, 5) is 0. The van der Waals surface area contributed by atoms with Gasteiger partial charge in [0.1, 0.15) is 58.0 Å². The number of halogens is 2. The smallest absolute Gasteiger partial charge is 0.140 e. The van der Waals surface area contributed by atoms with Crippen molar-refractivity contribution in [1.82, 2.24) is 0 Å². The van der Waals surface area contributed by atoms with Crippen LogP contribution in [-0.4, -0.2) is 5.48 Å². The molecule has 0 atom stereocenters. The standard InChI is InChI=1S/C38H32P2.2BrH.H2O/c1-7-19-33(20-8-1)39(34-21-9-2-10-22-34,35-23-11-3-12-24-35)31-32-40(36-25-13-4-14-26-36,37-27-15-5-16-28-37)38-29-17-6-18-30-38;;;/h1-32H;2*1H;1H2/q+2;;;/p-2/b32-31+;;;. The van der Waals surface area contributed by atoms with Crippen LogP contribution >= 0.6 is 14.5 Å². The lowest BCUT2D eigenvalue weighted by Crippen LogP contribution is -3.00. The summed E-state index contributed by atoms with van der Waals surface area (Å²) >= 11 is 0. The van der Waals surface area contributed by atoms with E-state index < -0.39 is 14.5 Å². The highest BCUT2D eigenvalue weighted by molar-refractivity contribution is 8.01. The Bertz CT molecular complexity index is 1350. The molecule has 216 valence electrons. The zero-order valence-electron chi connectivity index (χ0n) is 23.6. The largest absolute Gasteiger partial charge is 1.00 e. The number of benzene rings is 6. The molecule has 0 radical (unpaired) electrons. The highest BCUT2D eigenvalue weighted by Crippen LogP contribution is 2.63. The Morgan fingerprint density at radius 1 is 0.256 bits per heavy atom. The number of rotatable bonds is 8. The van der Waals surface area contributed by atoms with E-state index in [0.29, 0.717) is 0 Å². The first-order valence-electron chi connectivity index (χ1n) is 13.7. The van der Waals surface area contributed by atoms with E-state index in [9.17, 15) is 0 Å². The molecular weight excluding hydrogens is 694 g/mol. The summed E-state index contributed by atoms with van der Waals surface area (Å²) in [5.74, 6) is 5.21. The van der Waals surface area contributed by atoms with Crippen molar-refractivity contribution in [3.63, 3.8) is 0 Å². The van der Waals surface area contributed by atoms with E-state index in [1.165, 1.54) is 31.8 Å². The van der Waals surface area contributed by atoms with Gasteiger partial charge in [0.2, 0.25) is 0 Å². The molecule has 0 saturated carbocycles. The van der Waals surface area contributed by atoms with Crippen molar-refractivity contribution < 1.29 is 39.4 Å². The van der Waals surface area contributed by atoms with Crippen LogP contribution in [0.2, 0.25) is 0 Å². The summed E-state index contributed by atoms with van der Waals surface area (Å²) in [6, 6.07) is 66.6. The van der Waals surface area contributed by atoms with Gasteiger partial charge >= 0.3 is 0 Å². The van der Waals surface area contributed by atoms with Gasteiger partial charge in [0.05, 0.1) is 0 Å². The Kier molecular flexibility index (Phi) is 12.8. The van der Waals surface area contributed by atoms with Gasteiger partial charge < -0.3 is 39.4 Å². The predicted octanol–water partition coefficient (Wildman–Crippen LogP) is 0.629. The molecule has 6 rings (SSSR count). The van der Waals surface area contributed by atoms with E-state index in [4.69, 9.17) is 0 Å². The van der Waals surface area contributed by atoms with Crippen molar-refractivity contribution in [2.45, 2.75) is 0 Å². The molecule has 0 aliphatic rings. The molecule has 0 saturated heterocycles. The van der Waals surface area contributed by atoms with E-state index in [1.807, 2.05) is 0 Å². The Balaban J connectivity index is 0.00000169. The van der Waals surface area contributed by atoms with Crippen LogP contribution in [0.1, 0.15) is 0 Å². The van der Waals surface area contributed by atoms with Gasteiger partial charge in [-0.25, -0.2) is 0 Å². The molecule has 0 heterocycles. The third kappa shape index (κ3) is 6.83. The van der Waals surface area contributed by atoms with Crippen LogP contribution in [0, 0.1) is 0 Å². The normalized spacial score (nSPS) is 11.1. The molecule has 6 aromatic rings. The molecule has 0 spiro atoms. The Hall–Kier alpha value is -3.16. The first-order valence-corrected chi connectivity index (χ1v) is 17.4. The molecule has 6 aromatic carbocycles. The molecular formula is C38H34Br2OP2. The summed E-state index contributed by atoms with van der Waals surface area (Å²) in [6.07, 6.45) is 0. The summed E-state index contributed by atoms with van der Waals surface area (Å²) < 4.78 is 0. The van der Waals surface area contributed by atoms with Gasteiger partial charge in [-0.3, -0.25) is 0 Å². The van der Waals surface area contributed by atoms with Gasteiger partial charge in [-0.05, 0) is 72.8 Å². The molecule has 43 heavy (non-hydrogen) atoms. The van der Waals surface area contributed by atoms with Crippen LogP contribution in [-0.2, 0) is 0 Å². The first kappa shape index (κ1) is 34.3. The van der Waals surface area contributed by atoms with Crippen molar-refractivity contribution in [3.8, 4) is 0 Å². The average molecular weight is 728 g/mol. The second-order valence-corrected chi connectivity index (χ2v) is 16.3. The minimum Gasteiger partial charge on any atom is -1.00 e. The number of hydrogen-bond donors (Lipinski definition) is 0. The first-order chi connectivity index (χ1) is 19.8. The van der Waals surface area contributed by atoms with Crippen LogP contribution in [0.4, 0.5) is 0 Å². The van der Waals surface area contributed by atoms with E-state index in [2.05, 4.69) is 194 Å². The van der Waals surface area contributed by atoms with Crippen LogP contribution in [0.15, 0.2) is 194 Å². The Morgan fingerprint density at radius 3 is 0.535 bits per heavy atom. The molecule has 0 bridgehead atoms. The molecule has 0 fully saturated rings. The van der Waals surface area contributed by atoms with Crippen molar-refractivity contribution in [3.05, 3.63) is 194 Å². The quantitative estimate of drug-likeness (QED) is 0.206. The fourth-order valence-corrected chi connectivity index (χ4v) is 13.9. The summed E-state index contributed by atoms with van der Waals surface area (Å²) in [5.41, 5.74) is 0. The van der Waals surface area contributed by atoms with E-state index in [1.54, 1.807) is 0 Å². The van der Waals surface area contributed by atoms with Crippen LogP contribution in [0.5, 0.6) is 0 Å². The lowest BCUT2D eigenvalue weighted by molar-refractivity contribution is -0.001000. The molecule has 2 N–H and O–H groups in total. The monoisotopic (exact) mass is 726 g/mol. The molecule has 5 heteroatoms. The second-order valence-electron chi connectivity index (χ2n) is 9.76.